The molecule has 0 bridgehead atoms. The van der Waals surface area contributed by atoms with E-state index in [-0.39, 0.29) is 12.5 Å². The van der Waals surface area contributed by atoms with Gasteiger partial charge in [0.2, 0.25) is 5.13 Å². The lowest BCUT2D eigenvalue weighted by atomic mass is 10.2. The number of ether oxygens (including phenoxy) is 1. The minimum atomic E-state index is -0.253. The van der Waals surface area contributed by atoms with E-state index >= 15 is 0 Å². The maximum absolute atomic E-state index is 11.3. The molecule has 0 unspecified atom stereocenters. The van der Waals surface area contributed by atoms with Crippen LogP contribution in [-0.4, -0.2) is 29.8 Å². The number of carbonyl (C=O) groups is 1. The molecule has 2 aromatic rings. The van der Waals surface area contributed by atoms with Gasteiger partial charge in [-0.1, -0.05) is 35.2 Å². The Morgan fingerprint density at radius 1 is 1.43 bits per heavy atom. The van der Waals surface area contributed by atoms with Crippen LogP contribution in [0.5, 0.6) is 0 Å². The van der Waals surface area contributed by atoms with Crippen LogP contribution < -0.4 is 5.32 Å². The van der Waals surface area contributed by atoms with Gasteiger partial charge in [0.05, 0.1) is 11.6 Å². The summed E-state index contributed by atoms with van der Waals surface area (Å²) in [5.41, 5.74) is 1.74. The van der Waals surface area contributed by atoms with E-state index in [1.807, 2.05) is 12.1 Å². The Kier molecular flexibility index (Phi) is 5.68. The number of thioether (sulfide) groups is 1. The highest BCUT2D eigenvalue weighted by atomic mass is 32.2. The zero-order valence-corrected chi connectivity index (χ0v) is 12.8. The van der Waals surface area contributed by atoms with Crippen LogP contribution in [-0.2, 0) is 15.3 Å². The van der Waals surface area contributed by atoms with E-state index in [9.17, 15) is 4.79 Å². The van der Waals surface area contributed by atoms with Gasteiger partial charge in [0.1, 0.15) is 6.61 Å². The molecule has 1 aromatic carbocycles. The number of hydrogen-bond donors (Lipinski definition) is 1. The summed E-state index contributed by atoms with van der Waals surface area (Å²) in [6.45, 7) is -0.00665. The lowest BCUT2D eigenvalue weighted by Gasteiger charge is -1.98. The third-order valence-corrected chi connectivity index (χ3v) is 4.42. The minimum Gasteiger partial charge on any atom is -0.375 e. The van der Waals surface area contributed by atoms with Crippen LogP contribution in [0.2, 0.25) is 0 Å². The van der Waals surface area contributed by atoms with Gasteiger partial charge < -0.3 is 4.74 Å². The molecule has 0 aliphatic heterocycles. The molecule has 21 heavy (non-hydrogen) atoms. The van der Waals surface area contributed by atoms with Crippen LogP contribution >= 0.6 is 23.1 Å². The number of rotatable bonds is 6. The molecule has 8 heteroatoms. The van der Waals surface area contributed by atoms with Crippen LogP contribution in [0.25, 0.3) is 0 Å². The Balaban J connectivity index is 1.87. The summed E-state index contributed by atoms with van der Waals surface area (Å²) in [7, 11) is 1.46. The lowest BCUT2D eigenvalue weighted by Crippen LogP contribution is -2.16. The monoisotopic (exact) mass is 320 g/mol. The number of benzene rings is 1. The van der Waals surface area contributed by atoms with Gasteiger partial charge in [0.15, 0.2) is 4.34 Å². The van der Waals surface area contributed by atoms with Crippen molar-refractivity contribution in [3.05, 3.63) is 35.4 Å². The fraction of sp³-hybridized carbons (Fsp3) is 0.231. The highest BCUT2D eigenvalue weighted by molar-refractivity contribution is 8.00. The molecule has 0 radical (unpaired) electrons. The Hall–Kier alpha value is -1.95. The maximum atomic E-state index is 11.3. The Bertz CT molecular complexity index is 649. The summed E-state index contributed by atoms with van der Waals surface area (Å²) in [5.74, 6) is 0.476. The predicted octanol–water partition coefficient (Wildman–Crippen LogP) is 2.29. The second-order valence-corrected chi connectivity index (χ2v) is 6.15. The number of nitrogens with one attached hydrogen (secondary N) is 1. The summed E-state index contributed by atoms with van der Waals surface area (Å²) >= 11 is 2.84. The molecule has 0 saturated heterocycles. The first-order valence-corrected chi connectivity index (χ1v) is 7.75. The molecule has 1 heterocycles. The molecule has 0 atom stereocenters. The van der Waals surface area contributed by atoms with Crippen molar-refractivity contribution >= 4 is 34.1 Å². The molecule has 2 rings (SSSR count). The van der Waals surface area contributed by atoms with Gasteiger partial charge >= 0.3 is 0 Å². The van der Waals surface area contributed by atoms with Gasteiger partial charge in [-0.25, -0.2) is 0 Å². The normalized spacial score (nSPS) is 10.1. The summed E-state index contributed by atoms with van der Waals surface area (Å²) in [4.78, 5) is 11.3. The fourth-order valence-electron chi connectivity index (χ4n) is 1.43. The first-order valence-electron chi connectivity index (χ1n) is 5.95. The Labute approximate surface area is 130 Å². The van der Waals surface area contributed by atoms with Crippen molar-refractivity contribution in [3.63, 3.8) is 0 Å². The Morgan fingerprint density at radius 3 is 2.86 bits per heavy atom. The molecular formula is C13H12N4O2S2. The number of methoxy groups -OCH3 is 1. The average Bonchev–Trinajstić information content (AvgIpc) is 2.93. The van der Waals surface area contributed by atoms with Crippen molar-refractivity contribution in [3.8, 4) is 6.07 Å². The standard InChI is InChI=1S/C13H12N4O2S2/c1-19-7-11(18)15-12-16-17-13(21-12)20-8-10-4-2-9(6-14)3-5-10/h2-5H,7-8H2,1H3,(H,15,16,18). The number of nitriles is 1. The van der Waals surface area contributed by atoms with Crippen LogP contribution in [0.1, 0.15) is 11.1 Å². The molecule has 1 N–H and O–H groups in total. The third kappa shape index (κ3) is 4.82. The van der Waals surface area contributed by atoms with E-state index in [4.69, 9.17) is 10.00 Å². The van der Waals surface area contributed by atoms with E-state index in [1.54, 1.807) is 12.1 Å². The van der Waals surface area contributed by atoms with E-state index in [1.165, 1.54) is 30.2 Å². The molecule has 0 aliphatic carbocycles. The number of carbonyl (C=O) groups excluding carboxylic acids is 1. The van der Waals surface area contributed by atoms with E-state index in [2.05, 4.69) is 21.6 Å². The summed E-state index contributed by atoms with van der Waals surface area (Å²) in [6, 6.07) is 9.47. The predicted molar refractivity (Wildman–Crippen MR) is 81.1 cm³/mol. The van der Waals surface area contributed by atoms with Gasteiger partial charge in [0, 0.05) is 12.9 Å². The smallest absolute Gasteiger partial charge is 0.252 e. The van der Waals surface area contributed by atoms with Gasteiger partial charge in [-0.05, 0) is 17.7 Å². The first-order chi connectivity index (χ1) is 10.2. The topological polar surface area (TPSA) is 87.9 Å². The van der Waals surface area contributed by atoms with Crippen molar-refractivity contribution < 1.29 is 9.53 Å². The van der Waals surface area contributed by atoms with E-state index in [0.717, 1.165) is 15.7 Å². The summed E-state index contributed by atoms with van der Waals surface area (Å²) in [5, 5.41) is 19.7. The van der Waals surface area contributed by atoms with Crippen LogP contribution in [0.3, 0.4) is 0 Å². The first kappa shape index (κ1) is 15.4. The largest absolute Gasteiger partial charge is 0.375 e. The molecule has 1 aromatic heterocycles. The molecule has 1 amide bonds. The summed E-state index contributed by atoms with van der Waals surface area (Å²) in [6.07, 6.45) is 0. The van der Waals surface area contributed by atoms with Crippen LogP contribution in [0.4, 0.5) is 5.13 Å². The second-order valence-electron chi connectivity index (χ2n) is 3.95. The van der Waals surface area contributed by atoms with E-state index < -0.39 is 0 Å². The second kappa shape index (κ2) is 7.73. The van der Waals surface area contributed by atoms with Gasteiger partial charge in [-0.15, -0.1) is 10.2 Å². The number of amides is 1. The van der Waals surface area contributed by atoms with Crippen LogP contribution in [0.15, 0.2) is 28.6 Å². The zero-order valence-electron chi connectivity index (χ0n) is 11.2. The minimum absolute atomic E-state index is 0.00665. The molecule has 6 nitrogen and oxygen atoms in total. The Morgan fingerprint density at radius 2 is 2.19 bits per heavy atom. The summed E-state index contributed by atoms with van der Waals surface area (Å²) < 4.78 is 5.49. The quantitative estimate of drug-likeness (QED) is 0.649. The van der Waals surface area contributed by atoms with Crippen molar-refractivity contribution in [2.24, 2.45) is 0 Å². The van der Waals surface area contributed by atoms with Crippen molar-refractivity contribution in [2.45, 2.75) is 10.1 Å². The molecule has 0 saturated carbocycles. The lowest BCUT2D eigenvalue weighted by molar-refractivity contribution is -0.119. The zero-order chi connectivity index (χ0) is 15.1. The van der Waals surface area contributed by atoms with Gasteiger partial charge in [0.25, 0.3) is 5.91 Å². The number of anilines is 1. The van der Waals surface area contributed by atoms with Crippen LogP contribution in [0, 0.1) is 11.3 Å². The van der Waals surface area contributed by atoms with Gasteiger partial charge in [-0.3, -0.25) is 10.1 Å². The number of aromatic nitrogens is 2. The van der Waals surface area contributed by atoms with E-state index in [0.29, 0.717) is 10.7 Å². The number of nitrogens with zero attached hydrogens (tertiary/aromatic N) is 3. The molecule has 0 spiro atoms. The highest BCUT2D eigenvalue weighted by Gasteiger charge is 2.08. The molecule has 0 fully saturated rings. The highest BCUT2D eigenvalue weighted by Crippen LogP contribution is 2.28. The molecule has 0 aliphatic rings. The van der Waals surface area contributed by atoms with Crippen molar-refractivity contribution in [2.75, 3.05) is 19.0 Å². The third-order valence-electron chi connectivity index (χ3n) is 2.37. The SMILES string of the molecule is COCC(=O)Nc1nnc(SCc2ccc(C#N)cc2)s1. The van der Waals surface area contributed by atoms with Crippen molar-refractivity contribution in [1.29, 1.82) is 5.26 Å². The molecular weight excluding hydrogens is 308 g/mol. The average molecular weight is 320 g/mol. The fourth-order valence-corrected chi connectivity index (χ4v) is 3.15. The van der Waals surface area contributed by atoms with Crippen molar-refractivity contribution in [1.82, 2.24) is 10.2 Å². The maximum Gasteiger partial charge on any atom is 0.252 e. The van der Waals surface area contributed by atoms with Gasteiger partial charge in [-0.2, -0.15) is 5.26 Å². The molecule has 108 valence electrons. The number of hydrogen-bond acceptors (Lipinski definition) is 7.